The highest BCUT2D eigenvalue weighted by molar-refractivity contribution is 14.0. The molecule has 6 heteroatoms. The normalized spacial score (nSPS) is 17.9. The molecule has 1 saturated heterocycles. The quantitative estimate of drug-likeness (QED) is 0.277. The van der Waals surface area contributed by atoms with Crippen molar-refractivity contribution in [3.8, 4) is 0 Å². The standard InChI is InChI=1S/C20H35N5.HI/c1-18(19-9-5-4-6-10-19)17-23-20(21-2)22-11-7-13-25-14-8-12-24(3)15-16-25;/h4-6,9-10,18H,7-8,11-17H2,1-3H3,(H2,21,22,23);1H. The maximum atomic E-state index is 4.34. The van der Waals surface area contributed by atoms with Crippen LogP contribution in [-0.4, -0.2) is 75.7 Å². The van der Waals surface area contributed by atoms with Crippen molar-refractivity contribution in [2.24, 2.45) is 4.99 Å². The number of halogens is 1. The third-order valence-corrected chi connectivity index (χ3v) is 4.92. The Bertz CT molecular complexity index is 508. The van der Waals surface area contributed by atoms with Gasteiger partial charge in [0.25, 0.3) is 0 Å². The van der Waals surface area contributed by atoms with Crippen molar-refractivity contribution in [2.75, 3.05) is 59.9 Å². The van der Waals surface area contributed by atoms with Crippen molar-refractivity contribution in [1.29, 1.82) is 0 Å². The van der Waals surface area contributed by atoms with Crippen molar-refractivity contribution in [3.63, 3.8) is 0 Å². The second-order valence-electron chi connectivity index (χ2n) is 7.04. The molecule has 1 aromatic rings. The smallest absolute Gasteiger partial charge is 0.190 e. The van der Waals surface area contributed by atoms with Crippen LogP contribution in [0.15, 0.2) is 35.3 Å². The van der Waals surface area contributed by atoms with E-state index in [1.807, 2.05) is 7.05 Å². The summed E-state index contributed by atoms with van der Waals surface area (Å²) in [7, 11) is 4.06. The van der Waals surface area contributed by atoms with E-state index in [9.17, 15) is 0 Å². The van der Waals surface area contributed by atoms with Crippen LogP contribution in [0.25, 0.3) is 0 Å². The SMILES string of the molecule is CN=C(NCCCN1CCCN(C)CC1)NCC(C)c1ccccc1.I. The van der Waals surface area contributed by atoms with Gasteiger partial charge in [0.05, 0.1) is 0 Å². The number of benzene rings is 1. The van der Waals surface area contributed by atoms with Gasteiger partial charge in [-0.05, 0) is 51.0 Å². The zero-order chi connectivity index (χ0) is 17.9. The number of hydrogen-bond acceptors (Lipinski definition) is 3. The first kappa shape index (κ1) is 23.2. The van der Waals surface area contributed by atoms with Gasteiger partial charge in [-0.2, -0.15) is 0 Å². The fraction of sp³-hybridized carbons (Fsp3) is 0.650. The third kappa shape index (κ3) is 8.68. The Morgan fingerprint density at radius 1 is 1.12 bits per heavy atom. The summed E-state index contributed by atoms with van der Waals surface area (Å²) in [5, 5.41) is 6.88. The molecule has 5 nitrogen and oxygen atoms in total. The number of aliphatic imine (C=N–C) groups is 1. The minimum absolute atomic E-state index is 0. The van der Waals surface area contributed by atoms with E-state index in [2.05, 4.69) is 69.7 Å². The lowest BCUT2D eigenvalue weighted by Gasteiger charge is -2.20. The van der Waals surface area contributed by atoms with Crippen molar-refractivity contribution in [1.82, 2.24) is 20.4 Å². The van der Waals surface area contributed by atoms with Crippen molar-refractivity contribution >= 4 is 29.9 Å². The van der Waals surface area contributed by atoms with Gasteiger partial charge in [0, 0.05) is 33.2 Å². The van der Waals surface area contributed by atoms with Crippen molar-refractivity contribution < 1.29 is 0 Å². The van der Waals surface area contributed by atoms with Gasteiger partial charge in [-0.25, -0.2) is 0 Å². The van der Waals surface area contributed by atoms with E-state index in [1.54, 1.807) is 0 Å². The molecule has 1 atom stereocenters. The van der Waals surface area contributed by atoms with E-state index in [0.29, 0.717) is 5.92 Å². The van der Waals surface area contributed by atoms with Gasteiger partial charge >= 0.3 is 0 Å². The number of guanidine groups is 1. The topological polar surface area (TPSA) is 42.9 Å². The Labute approximate surface area is 176 Å². The van der Waals surface area contributed by atoms with E-state index in [4.69, 9.17) is 0 Å². The molecule has 1 aliphatic heterocycles. The molecule has 1 unspecified atom stereocenters. The van der Waals surface area contributed by atoms with E-state index in [-0.39, 0.29) is 24.0 Å². The molecule has 148 valence electrons. The molecule has 2 rings (SSSR count). The Morgan fingerprint density at radius 2 is 1.88 bits per heavy atom. The van der Waals surface area contributed by atoms with Crippen LogP contribution in [0, 0.1) is 0 Å². The molecule has 1 fully saturated rings. The predicted octanol–water partition coefficient (Wildman–Crippen LogP) is 2.60. The monoisotopic (exact) mass is 473 g/mol. The molecular weight excluding hydrogens is 437 g/mol. The maximum absolute atomic E-state index is 4.34. The van der Waals surface area contributed by atoms with E-state index >= 15 is 0 Å². The summed E-state index contributed by atoms with van der Waals surface area (Å²) in [5.74, 6) is 1.37. The van der Waals surface area contributed by atoms with E-state index in [0.717, 1.165) is 32.0 Å². The maximum Gasteiger partial charge on any atom is 0.190 e. The number of nitrogens with zero attached hydrogens (tertiary/aromatic N) is 3. The highest BCUT2D eigenvalue weighted by Gasteiger charge is 2.11. The van der Waals surface area contributed by atoms with Crippen LogP contribution >= 0.6 is 24.0 Å². The Morgan fingerprint density at radius 3 is 2.62 bits per heavy atom. The van der Waals surface area contributed by atoms with Gasteiger partial charge in [0.15, 0.2) is 5.96 Å². The van der Waals surface area contributed by atoms with Crippen LogP contribution in [0.5, 0.6) is 0 Å². The molecule has 26 heavy (non-hydrogen) atoms. The zero-order valence-electron chi connectivity index (χ0n) is 16.6. The highest BCUT2D eigenvalue weighted by Crippen LogP contribution is 2.12. The van der Waals surface area contributed by atoms with Gasteiger partial charge in [0.1, 0.15) is 0 Å². The molecular formula is C20H36IN5. The number of likely N-dealkylation sites (N-methyl/N-ethyl adjacent to an activating group) is 1. The summed E-state index contributed by atoms with van der Waals surface area (Å²) in [6.45, 7) is 10.1. The lowest BCUT2D eigenvalue weighted by Crippen LogP contribution is -2.40. The number of nitrogens with one attached hydrogen (secondary N) is 2. The average Bonchev–Trinajstić information content (AvgIpc) is 2.86. The zero-order valence-corrected chi connectivity index (χ0v) is 18.9. The molecule has 0 bridgehead atoms. The fourth-order valence-corrected chi connectivity index (χ4v) is 3.20. The fourth-order valence-electron chi connectivity index (χ4n) is 3.20. The lowest BCUT2D eigenvalue weighted by molar-refractivity contribution is 0.274. The third-order valence-electron chi connectivity index (χ3n) is 4.92. The molecule has 0 aromatic heterocycles. The molecule has 1 aromatic carbocycles. The Hall–Kier alpha value is -0.860. The second kappa shape index (κ2) is 13.3. The highest BCUT2D eigenvalue weighted by atomic mass is 127. The molecule has 0 spiro atoms. The average molecular weight is 473 g/mol. The largest absolute Gasteiger partial charge is 0.356 e. The first-order valence-corrected chi connectivity index (χ1v) is 9.59. The van der Waals surface area contributed by atoms with Crippen LogP contribution in [0.3, 0.4) is 0 Å². The van der Waals surface area contributed by atoms with Crippen LogP contribution in [-0.2, 0) is 0 Å². The van der Waals surface area contributed by atoms with Gasteiger partial charge < -0.3 is 20.4 Å². The van der Waals surface area contributed by atoms with Crippen LogP contribution < -0.4 is 10.6 Å². The van der Waals surface area contributed by atoms with Crippen LogP contribution in [0.4, 0.5) is 0 Å². The van der Waals surface area contributed by atoms with Gasteiger partial charge in [-0.3, -0.25) is 4.99 Å². The minimum Gasteiger partial charge on any atom is -0.356 e. The first-order valence-electron chi connectivity index (χ1n) is 9.59. The number of hydrogen-bond donors (Lipinski definition) is 2. The second-order valence-corrected chi connectivity index (χ2v) is 7.04. The number of rotatable bonds is 7. The van der Waals surface area contributed by atoms with Crippen LogP contribution in [0.2, 0.25) is 0 Å². The molecule has 1 aliphatic rings. The van der Waals surface area contributed by atoms with Crippen molar-refractivity contribution in [2.45, 2.75) is 25.7 Å². The Kier molecular flexibility index (Phi) is 11.9. The van der Waals surface area contributed by atoms with Gasteiger partial charge in [-0.1, -0.05) is 37.3 Å². The van der Waals surface area contributed by atoms with Gasteiger partial charge in [-0.15, -0.1) is 24.0 Å². The summed E-state index contributed by atoms with van der Waals surface area (Å²) >= 11 is 0. The van der Waals surface area contributed by atoms with E-state index in [1.165, 1.54) is 38.2 Å². The molecule has 0 amide bonds. The summed E-state index contributed by atoms with van der Waals surface area (Å²) in [6, 6.07) is 10.6. The first-order chi connectivity index (χ1) is 12.2. The summed E-state index contributed by atoms with van der Waals surface area (Å²) in [4.78, 5) is 9.35. The molecule has 1 heterocycles. The van der Waals surface area contributed by atoms with Crippen LogP contribution in [0.1, 0.15) is 31.2 Å². The molecule has 2 N–H and O–H groups in total. The Balaban J connectivity index is 0.00000338. The van der Waals surface area contributed by atoms with Gasteiger partial charge in [0.2, 0.25) is 0 Å². The summed E-state index contributed by atoms with van der Waals surface area (Å²) in [6.07, 6.45) is 2.43. The van der Waals surface area contributed by atoms with Crippen molar-refractivity contribution in [3.05, 3.63) is 35.9 Å². The predicted molar refractivity (Wildman–Crippen MR) is 123 cm³/mol. The minimum atomic E-state index is 0. The molecule has 0 radical (unpaired) electrons. The molecule has 0 aliphatic carbocycles. The summed E-state index contributed by atoms with van der Waals surface area (Å²) < 4.78 is 0. The lowest BCUT2D eigenvalue weighted by atomic mass is 10.0. The summed E-state index contributed by atoms with van der Waals surface area (Å²) in [5.41, 5.74) is 1.36. The molecule has 0 saturated carbocycles. The van der Waals surface area contributed by atoms with E-state index < -0.39 is 0 Å².